The molecule has 2 amide bonds. The highest BCUT2D eigenvalue weighted by atomic mass is 16.5. The lowest BCUT2D eigenvalue weighted by molar-refractivity contribution is 0.0992. The van der Waals surface area contributed by atoms with E-state index < -0.39 is 6.09 Å². The molecule has 0 spiro atoms. The summed E-state index contributed by atoms with van der Waals surface area (Å²) in [6.45, 7) is 0. The molecule has 4 rings (SSSR count). The number of nitrogens with one attached hydrogen (secondary N) is 1. The van der Waals surface area contributed by atoms with Gasteiger partial charge in [-0.3, -0.25) is 14.5 Å². The lowest BCUT2D eigenvalue weighted by atomic mass is 10.1. The van der Waals surface area contributed by atoms with Gasteiger partial charge in [0, 0.05) is 30.2 Å². The summed E-state index contributed by atoms with van der Waals surface area (Å²) in [6.07, 6.45) is 2.35. The average molecular weight is 416 g/mol. The van der Waals surface area contributed by atoms with Gasteiger partial charge in [0.15, 0.2) is 0 Å². The van der Waals surface area contributed by atoms with Gasteiger partial charge >= 0.3 is 6.09 Å². The number of imidazole rings is 1. The fraction of sp³-hybridized carbons (Fsp3) is 0.0870. The Labute approximate surface area is 178 Å². The topological polar surface area (TPSA) is 96.2 Å². The van der Waals surface area contributed by atoms with E-state index in [0.29, 0.717) is 16.9 Å². The fourth-order valence-electron chi connectivity index (χ4n) is 3.29. The van der Waals surface area contributed by atoms with E-state index in [9.17, 15) is 9.59 Å². The minimum Gasteiger partial charge on any atom is -0.497 e. The Bertz CT molecular complexity index is 1250. The van der Waals surface area contributed by atoms with Gasteiger partial charge in [0.25, 0.3) is 5.91 Å². The minimum absolute atomic E-state index is 0.160. The number of anilines is 2. The number of carboxylic acid groups (broad SMARTS) is 1. The first-order valence-corrected chi connectivity index (χ1v) is 9.46. The monoisotopic (exact) mass is 416 g/mol. The van der Waals surface area contributed by atoms with Crippen molar-refractivity contribution in [2.45, 2.75) is 0 Å². The maximum Gasteiger partial charge on any atom is 0.409 e. The molecule has 2 heterocycles. The number of aromatic nitrogens is 2. The first kappa shape index (κ1) is 20.0. The molecule has 0 aliphatic rings. The van der Waals surface area contributed by atoms with E-state index in [1.54, 1.807) is 80.0 Å². The summed E-state index contributed by atoms with van der Waals surface area (Å²) < 4.78 is 7.01. The zero-order chi connectivity index (χ0) is 22.0. The highest BCUT2D eigenvalue weighted by molar-refractivity contribution is 6.05. The first-order valence-electron chi connectivity index (χ1n) is 9.46. The highest BCUT2D eigenvalue weighted by Crippen LogP contribution is 2.24. The molecule has 0 radical (unpaired) electrons. The maximum absolute atomic E-state index is 13.1. The molecule has 0 saturated carbocycles. The van der Waals surface area contributed by atoms with Crippen LogP contribution in [0.3, 0.4) is 0 Å². The Morgan fingerprint density at radius 1 is 1.03 bits per heavy atom. The molecule has 0 saturated heterocycles. The molecule has 0 aliphatic carbocycles. The molecule has 31 heavy (non-hydrogen) atoms. The zero-order valence-electron chi connectivity index (χ0n) is 16.9. The molecule has 2 aromatic carbocycles. The standard InChI is InChI=1S/C23H20N4O4/c1-26(18-8-10-19(31-2)11-9-18)22(28)16-5-12-21-24-13-20(27(21)14-16)15-3-6-17(7-4-15)25-23(29)30/h3-14,25H,1-2H3,(H,29,30). The summed E-state index contributed by atoms with van der Waals surface area (Å²) in [6, 6.07) is 17.7. The van der Waals surface area contributed by atoms with E-state index >= 15 is 0 Å². The minimum atomic E-state index is -1.12. The van der Waals surface area contributed by atoms with Crippen LogP contribution in [0.1, 0.15) is 10.4 Å². The number of benzene rings is 2. The van der Waals surface area contributed by atoms with Crippen LogP contribution in [0.15, 0.2) is 73.1 Å². The summed E-state index contributed by atoms with van der Waals surface area (Å²) in [7, 11) is 3.31. The van der Waals surface area contributed by atoms with E-state index in [0.717, 1.165) is 22.7 Å². The lowest BCUT2D eigenvalue weighted by Crippen LogP contribution is -2.26. The molecule has 156 valence electrons. The molecule has 2 N–H and O–H groups in total. The maximum atomic E-state index is 13.1. The van der Waals surface area contributed by atoms with Crippen molar-refractivity contribution in [2.75, 3.05) is 24.4 Å². The van der Waals surface area contributed by atoms with E-state index in [1.807, 2.05) is 16.5 Å². The van der Waals surface area contributed by atoms with E-state index in [1.165, 1.54) is 0 Å². The van der Waals surface area contributed by atoms with Crippen molar-refractivity contribution in [3.8, 4) is 17.0 Å². The van der Waals surface area contributed by atoms with E-state index in [4.69, 9.17) is 9.84 Å². The molecule has 2 aromatic heterocycles. The number of rotatable bonds is 5. The number of carbonyl (C=O) groups excluding carboxylic acids is 1. The third-order valence-electron chi connectivity index (χ3n) is 4.95. The molecule has 0 bridgehead atoms. The number of amides is 2. The van der Waals surface area contributed by atoms with Crippen LogP contribution in [0.4, 0.5) is 16.2 Å². The smallest absolute Gasteiger partial charge is 0.409 e. The summed E-state index contributed by atoms with van der Waals surface area (Å²) in [4.78, 5) is 29.8. The third-order valence-corrected chi connectivity index (χ3v) is 4.95. The number of ether oxygens (including phenoxy) is 1. The zero-order valence-corrected chi connectivity index (χ0v) is 16.9. The predicted octanol–water partition coefficient (Wildman–Crippen LogP) is 4.38. The lowest BCUT2D eigenvalue weighted by Gasteiger charge is -2.18. The molecule has 4 aromatic rings. The van der Waals surface area contributed by atoms with E-state index in [2.05, 4.69) is 10.3 Å². The molecule has 8 nitrogen and oxygen atoms in total. The van der Waals surface area contributed by atoms with Crippen molar-refractivity contribution in [3.63, 3.8) is 0 Å². The second-order valence-corrected chi connectivity index (χ2v) is 6.86. The Morgan fingerprint density at radius 3 is 2.39 bits per heavy atom. The van der Waals surface area contributed by atoms with Crippen LogP contribution in [0.2, 0.25) is 0 Å². The van der Waals surface area contributed by atoms with Gasteiger partial charge in [-0.25, -0.2) is 9.78 Å². The van der Waals surface area contributed by atoms with Crippen molar-refractivity contribution in [1.29, 1.82) is 0 Å². The van der Waals surface area contributed by atoms with Gasteiger partial charge < -0.3 is 14.7 Å². The van der Waals surface area contributed by atoms with Crippen LogP contribution in [-0.2, 0) is 0 Å². The number of hydrogen-bond acceptors (Lipinski definition) is 4. The number of nitrogens with zero attached hydrogens (tertiary/aromatic N) is 3. The van der Waals surface area contributed by atoms with Crippen molar-refractivity contribution >= 4 is 29.0 Å². The Morgan fingerprint density at radius 2 is 1.74 bits per heavy atom. The Hall–Kier alpha value is -4.33. The third kappa shape index (κ3) is 4.04. The molecule has 0 unspecified atom stereocenters. The van der Waals surface area contributed by atoms with Crippen LogP contribution in [0.5, 0.6) is 5.75 Å². The molecule has 8 heteroatoms. The van der Waals surface area contributed by atoms with Crippen LogP contribution in [-0.4, -0.2) is 40.6 Å². The van der Waals surface area contributed by atoms with Crippen LogP contribution < -0.4 is 15.0 Å². The summed E-state index contributed by atoms with van der Waals surface area (Å²) in [5.41, 5.74) is 4.07. The summed E-state index contributed by atoms with van der Waals surface area (Å²) >= 11 is 0. The van der Waals surface area contributed by atoms with Crippen molar-refractivity contribution in [2.24, 2.45) is 0 Å². The number of fused-ring (bicyclic) bond motifs is 1. The Kier molecular flexibility index (Phi) is 5.28. The van der Waals surface area contributed by atoms with Crippen LogP contribution in [0, 0.1) is 0 Å². The van der Waals surface area contributed by atoms with Crippen molar-refractivity contribution in [3.05, 3.63) is 78.6 Å². The van der Waals surface area contributed by atoms with Gasteiger partial charge in [0.2, 0.25) is 0 Å². The van der Waals surface area contributed by atoms with Crippen LogP contribution >= 0.6 is 0 Å². The second-order valence-electron chi connectivity index (χ2n) is 6.86. The molecular formula is C23H20N4O4. The largest absolute Gasteiger partial charge is 0.497 e. The van der Waals surface area contributed by atoms with E-state index in [-0.39, 0.29) is 5.91 Å². The first-order chi connectivity index (χ1) is 15.0. The molecule has 0 fully saturated rings. The van der Waals surface area contributed by atoms with Crippen LogP contribution in [0.25, 0.3) is 16.9 Å². The quantitative estimate of drug-likeness (QED) is 0.503. The number of pyridine rings is 1. The average Bonchev–Trinajstić information content (AvgIpc) is 3.21. The number of hydrogen-bond donors (Lipinski definition) is 2. The molecular weight excluding hydrogens is 396 g/mol. The van der Waals surface area contributed by atoms with Gasteiger partial charge in [0.1, 0.15) is 11.4 Å². The van der Waals surface area contributed by atoms with Gasteiger partial charge in [-0.2, -0.15) is 0 Å². The normalized spacial score (nSPS) is 10.6. The SMILES string of the molecule is COc1ccc(N(C)C(=O)c2ccc3ncc(-c4ccc(NC(=O)O)cc4)n3c2)cc1. The predicted molar refractivity (Wildman–Crippen MR) is 118 cm³/mol. The number of carbonyl (C=O) groups is 2. The van der Waals surface area contributed by atoms with Crippen molar-refractivity contribution < 1.29 is 19.4 Å². The molecule has 0 aliphatic heterocycles. The van der Waals surface area contributed by atoms with Gasteiger partial charge in [-0.05, 0) is 48.5 Å². The van der Waals surface area contributed by atoms with Crippen molar-refractivity contribution in [1.82, 2.24) is 9.38 Å². The fourth-order valence-corrected chi connectivity index (χ4v) is 3.29. The van der Waals surface area contributed by atoms with Gasteiger partial charge in [-0.1, -0.05) is 12.1 Å². The molecule has 0 atom stereocenters. The number of methoxy groups -OCH3 is 1. The second kappa shape index (κ2) is 8.19. The summed E-state index contributed by atoms with van der Waals surface area (Å²) in [5, 5.41) is 11.1. The highest BCUT2D eigenvalue weighted by Gasteiger charge is 2.16. The van der Waals surface area contributed by atoms with Gasteiger partial charge in [0.05, 0.1) is 24.6 Å². The Balaban J connectivity index is 1.64. The van der Waals surface area contributed by atoms with Gasteiger partial charge in [-0.15, -0.1) is 0 Å². The summed E-state index contributed by atoms with van der Waals surface area (Å²) in [5.74, 6) is 0.561.